The van der Waals surface area contributed by atoms with Gasteiger partial charge in [0.25, 0.3) is 16.8 Å². The lowest BCUT2D eigenvalue weighted by molar-refractivity contribution is 0.0746. The molecular formula is C22H21BClN3O5. The van der Waals surface area contributed by atoms with E-state index in [1.165, 1.54) is 4.90 Å². The summed E-state index contributed by atoms with van der Waals surface area (Å²) >= 11 is 6.27. The van der Waals surface area contributed by atoms with Gasteiger partial charge in [0, 0.05) is 23.7 Å². The fourth-order valence-corrected chi connectivity index (χ4v) is 4.05. The zero-order valence-electron chi connectivity index (χ0n) is 17.6. The van der Waals surface area contributed by atoms with E-state index in [2.05, 4.69) is 10.6 Å². The molecule has 3 N–H and O–H groups in total. The summed E-state index contributed by atoms with van der Waals surface area (Å²) in [5.74, 6) is 0.773. The Hall–Kier alpha value is -3.04. The van der Waals surface area contributed by atoms with Crippen LogP contribution < -0.4 is 21.5 Å². The van der Waals surface area contributed by atoms with Gasteiger partial charge in [0.1, 0.15) is 30.7 Å². The van der Waals surface area contributed by atoms with Crippen LogP contribution in [0, 0.1) is 6.92 Å². The molecule has 1 aliphatic rings. The topological polar surface area (TPSA) is 112 Å². The second kappa shape index (κ2) is 8.14. The minimum atomic E-state index is -1.21. The van der Waals surface area contributed by atoms with Crippen LogP contribution in [0.4, 0.5) is 17.1 Å². The molecule has 2 radical (unpaired) electrons. The third kappa shape index (κ3) is 3.51. The molecular weight excluding hydrogens is 433 g/mol. The molecule has 0 aliphatic carbocycles. The monoisotopic (exact) mass is 453 g/mol. The van der Waals surface area contributed by atoms with Crippen molar-refractivity contribution < 1.29 is 14.3 Å². The molecule has 0 saturated heterocycles. The summed E-state index contributed by atoms with van der Waals surface area (Å²) in [6.07, 6.45) is 0.378. The number of fused-ring (bicyclic) bond motifs is 1. The number of nitrogens with one attached hydrogen (secondary N) is 2. The smallest absolute Gasteiger partial charge is 0.256 e. The molecule has 8 nitrogen and oxygen atoms in total. The standard InChI is InChI=1S/C22H21BClN3O5/c1-3-22(23,15-7-4-11(2)32-15)26-18-17(19(29)20(18)30)25-14-6-5-13(24)12-10-27(8-9-28)21(31)16(12)14/h4-7,25-26,28H,3,8-10H2,1-2H3/t22-/m1/s1. The number of furan rings is 1. The lowest BCUT2D eigenvalue weighted by Crippen LogP contribution is -2.44. The van der Waals surface area contributed by atoms with E-state index in [0.717, 1.165) is 0 Å². The normalized spacial score (nSPS) is 15.1. The molecule has 164 valence electrons. The Labute approximate surface area is 190 Å². The van der Waals surface area contributed by atoms with Crippen LogP contribution >= 0.6 is 11.6 Å². The van der Waals surface area contributed by atoms with Gasteiger partial charge in [-0.25, -0.2) is 0 Å². The zero-order valence-corrected chi connectivity index (χ0v) is 18.4. The number of anilines is 3. The number of nitrogens with zero attached hydrogens (tertiary/aromatic N) is 1. The number of amides is 1. The lowest BCUT2D eigenvalue weighted by atomic mass is 9.73. The number of carbonyl (C=O) groups is 1. The van der Waals surface area contributed by atoms with Gasteiger partial charge in [-0.1, -0.05) is 18.5 Å². The highest BCUT2D eigenvalue weighted by molar-refractivity contribution is 6.32. The van der Waals surface area contributed by atoms with Gasteiger partial charge in [-0.3, -0.25) is 14.4 Å². The van der Waals surface area contributed by atoms with Crippen molar-refractivity contribution in [2.45, 2.75) is 32.3 Å². The average Bonchev–Trinajstić information content (AvgIpc) is 3.37. The van der Waals surface area contributed by atoms with E-state index in [1.54, 1.807) is 31.2 Å². The summed E-state index contributed by atoms with van der Waals surface area (Å²) < 4.78 is 5.64. The Kier molecular flexibility index (Phi) is 5.64. The molecule has 0 saturated carbocycles. The van der Waals surface area contributed by atoms with Gasteiger partial charge in [-0.05, 0) is 37.6 Å². The van der Waals surface area contributed by atoms with E-state index in [0.29, 0.717) is 39.8 Å². The largest absolute Gasteiger partial charge is 0.465 e. The van der Waals surface area contributed by atoms with E-state index in [1.807, 2.05) is 6.92 Å². The highest BCUT2D eigenvalue weighted by atomic mass is 35.5. The van der Waals surface area contributed by atoms with E-state index in [9.17, 15) is 19.5 Å². The van der Waals surface area contributed by atoms with Gasteiger partial charge in [0.2, 0.25) is 0 Å². The fourth-order valence-electron chi connectivity index (χ4n) is 3.83. The summed E-state index contributed by atoms with van der Waals surface area (Å²) in [7, 11) is 6.46. The van der Waals surface area contributed by atoms with Crippen molar-refractivity contribution in [2.75, 3.05) is 23.8 Å². The number of carbonyl (C=O) groups excluding carboxylic acids is 1. The van der Waals surface area contributed by atoms with Crippen molar-refractivity contribution in [3.8, 4) is 0 Å². The fraction of sp³-hybridized carbons (Fsp3) is 0.318. The number of hydrogen-bond donors (Lipinski definition) is 3. The van der Waals surface area contributed by atoms with Crippen LogP contribution in [0.5, 0.6) is 0 Å². The molecule has 3 aromatic rings. The van der Waals surface area contributed by atoms with E-state index >= 15 is 0 Å². The molecule has 1 amide bonds. The van der Waals surface area contributed by atoms with Gasteiger partial charge in [0.15, 0.2) is 0 Å². The number of rotatable bonds is 8. The Morgan fingerprint density at radius 2 is 1.91 bits per heavy atom. The Bertz CT molecular complexity index is 1280. The Morgan fingerprint density at radius 1 is 1.19 bits per heavy atom. The number of β-amino-alcohol motifs (C(OH)–C–C–N with tert-alkyl or cyclic N) is 1. The number of benzene rings is 1. The molecule has 32 heavy (non-hydrogen) atoms. The molecule has 0 fully saturated rings. The highest BCUT2D eigenvalue weighted by Gasteiger charge is 2.35. The third-order valence-corrected chi connectivity index (χ3v) is 6.09. The van der Waals surface area contributed by atoms with Crippen LogP contribution in [0.25, 0.3) is 0 Å². The molecule has 10 heteroatoms. The molecule has 0 bridgehead atoms. The average molecular weight is 454 g/mol. The maximum atomic E-state index is 12.8. The summed E-state index contributed by atoms with van der Waals surface area (Å²) in [5, 5.41) is 15.5. The molecule has 4 rings (SSSR count). The quantitative estimate of drug-likeness (QED) is 0.354. The van der Waals surface area contributed by atoms with Crippen molar-refractivity contribution in [1.29, 1.82) is 0 Å². The summed E-state index contributed by atoms with van der Waals surface area (Å²) in [4.78, 5) is 39.0. The Morgan fingerprint density at radius 3 is 2.53 bits per heavy atom. The molecule has 1 aromatic heterocycles. The molecule has 0 unspecified atom stereocenters. The molecule has 2 heterocycles. The first-order chi connectivity index (χ1) is 15.2. The van der Waals surface area contributed by atoms with Crippen LogP contribution in [0.1, 0.15) is 40.8 Å². The summed E-state index contributed by atoms with van der Waals surface area (Å²) in [5.41, 5.74) is -1.35. The van der Waals surface area contributed by atoms with Crippen LogP contribution in [0.2, 0.25) is 5.02 Å². The molecule has 1 aliphatic heterocycles. The predicted octanol–water partition coefficient (Wildman–Crippen LogP) is 2.37. The third-order valence-electron chi connectivity index (χ3n) is 5.73. The molecule has 1 atom stereocenters. The second-order valence-corrected chi connectivity index (χ2v) is 8.20. The molecule has 0 spiro atoms. The summed E-state index contributed by atoms with van der Waals surface area (Å²) in [6.45, 7) is 3.82. The van der Waals surface area contributed by atoms with Gasteiger partial charge in [0.05, 0.1) is 23.3 Å². The number of aliphatic hydroxyl groups is 1. The first-order valence-electron chi connectivity index (χ1n) is 10.2. The lowest BCUT2D eigenvalue weighted by Gasteiger charge is -2.31. The second-order valence-electron chi connectivity index (χ2n) is 7.79. The van der Waals surface area contributed by atoms with Crippen molar-refractivity contribution in [2.24, 2.45) is 0 Å². The minimum absolute atomic E-state index is 0.0134. The van der Waals surface area contributed by atoms with Crippen molar-refractivity contribution >= 4 is 42.4 Å². The van der Waals surface area contributed by atoms with Gasteiger partial charge in [-0.15, -0.1) is 0 Å². The number of halogens is 1. The van der Waals surface area contributed by atoms with E-state index < -0.39 is 16.3 Å². The van der Waals surface area contributed by atoms with Crippen LogP contribution in [0.3, 0.4) is 0 Å². The van der Waals surface area contributed by atoms with Crippen molar-refractivity contribution in [3.63, 3.8) is 0 Å². The van der Waals surface area contributed by atoms with Crippen LogP contribution in [0.15, 0.2) is 38.3 Å². The SMILES string of the molecule is [B][C@](CC)(Nc1c(Nc2ccc(Cl)c3c2C(=O)N(CCO)C3)c(=O)c1=O)c1ccc(C)o1. The van der Waals surface area contributed by atoms with E-state index in [4.69, 9.17) is 23.9 Å². The van der Waals surface area contributed by atoms with Crippen LogP contribution in [-0.2, 0) is 12.0 Å². The molecule has 2 aromatic carbocycles. The summed E-state index contributed by atoms with van der Waals surface area (Å²) in [6, 6.07) is 6.66. The first-order valence-corrected chi connectivity index (χ1v) is 10.5. The minimum Gasteiger partial charge on any atom is -0.465 e. The van der Waals surface area contributed by atoms with Gasteiger partial charge < -0.3 is 25.1 Å². The predicted molar refractivity (Wildman–Crippen MR) is 123 cm³/mol. The maximum Gasteiger partial charge on any atom is 0.256 e. The van der Waals surface area contributed by atoms with Crippen molar-refractivity contribution in [1.82, 2.24) is 4.90 Å². The number of aliphatic hydroxyl groups excluding tert-OH is 1. The van der Waals surface area contributed by atoms with E-state index in [-0.39, 0.29) is 37.0 Å². The highest BCUT2D eigenvalue weighted by Crippen LogP contribution is 2.37. The van der Waals surface area contributed by atoms with Crippen LogP contribution in [-0.4, -0.2) is 36.9 Å². The number of hydrogen-bond acceptors (Lipinski definition) is 7. The maximum absolute atomic E-state index is 12.8. The number of aryl methyl sites for hydroxylation is 1. The first kappa shape index (κ1) is 22.2. The van der Waals surface area contributed by atoms with Gasteiger partial charge in [-0.2, -0.15) is 0 Å². The van der Waals surface area contributed by atoms with Crippen molar-refractivity contribution in [3.05, 3.63) is 72.4 Å². The zero-order chi connectivity index (χ0) is 23.2. The van der Waals surface area contributed by atoms with Gasteiger partial charge >= 0.3 is 0 Å². The Balaban J connectivity index is 1.69.